The van der Waals surface area contributed by atoms with Gasteiger partial charge in [0.25, 0.3) is 0 Å². The number of carbonyl (C=O) groups excluding carboxylic acids is 2. The van der Waals surface area contributed by atoms with E-state index >= 15 is 0 Å². The van der Waals surface area contributed by atoms with Gasteiger partial charge >= 0.3 is 19.2 Å². The van der Waals surface area contributed by atoms with Crippen LogP contribution in [0.2, 0.25) is 0 Å². The fourth-order valence-electron chi connectivity index (χ4n) is 9.49. The third-order valence-electron chi connectivity index (χ3n) is 14.7. The van der Waals surface area contributed by atoms with E-state index < -0.39 is 43.3 Å². The number of rotatable bonds is 19. The molecule has 70 heavy (non-hydrogen) atoms. The summed E-state index contributed by atoms with van der Waals surface area (Å²) >= 11 is 0. The van der Waals surface area contributed by atoms with Crippen molar-refractivity contribution in [2.24, 2.45) is 5.41 Å². The van der Waals surface area contributed by atoms with Crippen molar-refractivity contribution < 1.29 is 54.8 Å². The Morgan fingerprint density at radius 1 is 0.714 bits per heavy atom. The third kappa shape index (κ3) is 12.5. The summed E-state index contributed by atoms with van der Waals surface area (Å²) in [4.78, 5) is 27.0. The summed E-state index contributed by atoms with van der Waals surface area (Å²) in [5.41, 5.74) is 4.11. The first-order chi connectivity index (χ1) is 32.7. The molecule has 0 spiro atoms. The number of carbonyl (C=O) groups is 2. The van der Waals surface area contributed by atoms with E-state index in [4.69, 9.17) is 28.3 Å². The molecule has 1 unspecified atom stereocenters. The Morgan fingerprint density at radius 3 is 1.80 bits per heavy atom. The molecule has 374 valence electrons. The van der Waals surface area contributed by atoms with Gasteiger partial charge in [0.2, 0.25) is 0 Å². The number of hydrogen-bond donors (Lipinski definition) is 1. The number of halogens is 1. The highest BCUT2D eigenvalue weighted by molar-refractivity contribution is 7.95. The van der Waals surface area contributed by atoms with Crippen LogP contribution in [0.15, 0.2) is 115 Å². The number of hydrogen-bond acceptors (Lipinski definition) is 8. The summed E-state index contributed by atoms with van der Waals surface area (Å²) in [6.07, 6.45) is 4.47. The fourth-order valence-corrected chi connectivity index (χ4v) is 13.9. The first kappa shape index (κ1) is 54.7. The monoisotopic (exact) mass is 1030 g/mol. The number of fused-ring (bicyclic) bond motifs is 1. The summed E-state index contributed by atoms with van der Waals surface area (Å²) in [7, 11) is -2.45. The predicted molar refractivity (Wildman–Crippen MR) is 281 cm³/mol. The lowest BCUT2D eigenvalue weighted by Gasteiger charge is -2.38. The number of ether oxygens (including phenoxy) is 4. The maximum Gasteiger partial charge on any atom is 0.494 e. The number of esters is 1. The van der Waals surface area contributed by atoms with Crippen molar-refractivity contribution in [2.75, 3.05) is 12.8 Å². The summed E-state index contributed by atoms with van der Waals surface area (Å²) in [5.74, 6) is 1.46. The maximum absolute atomic E-state index is 13.7. The van der Waals surface area contributed by atoms with Gasteiger partial charge in [-0.05, 0) is 165 Å². The minimum Gasteiger partial charge on any atom is -1.00 e. The molecule has 2 heterocycles. The average molecular weight is 1030 g/mol. The normalized spacial score (nSPS) is 16.2. The molecule has 5 aromatic rings. The van der Waals surface area contributed by atoms with Crippen LogP contribution in [0.4, 0.5) is 4.79 Å². The van der Waals surface area contributed by atoms with Crippen molar-refractivity contribution in [3.63, 3.8) is 0 Å². The van der Waals surface area contributed by atoms with Crippen molar-refractivity contribution in [3.05, 3.63) is 143 Å². The van der Waals surface area contributed by atoms with Crippen LogP contribution in [0.1, 0.15) is 122 Å². The lowest BCUT2D eigenvalue weighted by molar-refractivity contribution is -0.144. The van der Waals surface area contributed by atoms with Crippen LogP contribution in [-0.4, -0.2) is 55.0 Å². The van der Waals surface area contributed by atoms with E-state index in [-0.39, 0.29) is 41.8 Å². The SMILES string of the molecule is Cc1c(C)c2c(c(C)c1OC(NC(=O)OCc1ccc(B3OC(C)(C)C(C)(C)O3)cc1)C(C)(C)CCCOC(=O)CCCC[P+](c1ccccc1)(c1ccccc1)c1ccccc1)CCC(C)(C)O2.[Br-]. The fraction of sp³-hybridized carbons (Fsp3) is 0.448. The molecule has 9 nitrogen and oxygen atoms in total. The molecule has 7 rings (SSSR count). The zero-order chi connectivity index (χ0) is 49.6. The van der Waals surface area contributed by atoms with Crippen molar-refractivity contribution in [1.82, 2.24) is 5.32 Å². The second-order valence-electron chi connectivity index (χ2n) is 21.2. The Hall–Kier alpha value is -4.67. The van der Waals surface area contributed by atoms with Gasteiger partial charge in [-0.2, -0.15) is 0 Å². The number of benzene rings is 5. The molecule has 0 radical (unpaired) electrons. The van der Waals surface area contributed by atoms with Gasteiger partial charge in [0.05, 0.1) is 24.0 Å². The van der Waals surface area contributed by atoms with Gasteiger partial charge in [0, 0.05) is 17.4 Å². The summed E-state index contributed by atoms with van der Waals surface area (Å²) in [6.45, 7) is 23.0. The zero-order valence-electron chi connectivity index (χ0n) is 43.3. The Labute approximate surface area is 429 Å². The number of nitrogens with one attached hydrogen (secondary N) is 1. The molecule has 1 fully saturated rings. The van der Waals surface area contributed by atoms with Crippen LogP contribution >= 0.6 is 7.26 Å². The minimum absolute atomic E-state index is 0. The van der Waals surface area contributed by atoms with E-state index in [1.165, 1.54) is 15.9 Å². The summed E-state index contributed by atoms with van der Waals surface area (Å²) in [6, 6.07) is 40.3. The third-order valence-corrected chi connectivity index (χ3v) is 19.2. The minimum atomic E-state index is -1.97. The standard InChI is InChI=1S/C58H73BNO8P.BrH/c1-41-42(2)52-49(35-37-56(6,7)66-52)43(3)51(41)65-53(60-54(62)64-40-44-31-33-45(34-32-44)59-67-57(8,9)58(10,11)68-59)55(4,5)36-23-38-63-50(61)30-21-22-39-69(46-24-15-12-16-25-46,47-26-17-13-18-27-47)48-28-19-14-20-29-48;/h12-20,24-29,31-34,53H,21-23,30,35-40H2,1-11H3;1H. The average Bonchev–Trinajstić information content (AvgIpc) is 3.56. The van der Waals surface area contributed by atoms with Crippen LogP contribution in [0, 0.1) is 26.2 Å². The molecule has 0 aliphatic carbocycles. The molecule has 1 N–H and O–H groups in total. The number of amides is 1. The Kier molecular flexibility index (Phi) is 17.8. The van der Waals surface area contributed by atoms with E-state index in [9.17, 15) is 9.59 Å². The summed E-state index contributed by atoms with van der Waals surface area (Å²) < 4.78 is 37.6. The number of unbranched alkanes of at least 4 members (excludes halogenated alkanes) is 1. The molecule has 1 atom stereocenters. The van der Waals surface area contributed by atoms with Crippen LogP contribution in [0.25, 0.3) is 0 Å². The van der Waals surface area contributed by atoms with E-state index in [1.807, 2.05) is 58.9 Å². The second-order valence-corrected chi connectivity index (χ2v) is 24.8. The molecule has 2 aliphatic rings. The molecule has 1 amide bonds. The molecule has 2 aliphatic heterocycles. The Balaban J connectivity index is 0.00000804. The highest BCUT2D eigenvalue weighted by Gasteiger charge is 2.52. The van der Waals surface area contributed by atoms with Gasteiger partial charge in [0.1, 0.15) is 46.9 Å². The Morgan fingerprint density at radius 2 is 1.26 bits per heavy atom. The largest absolute Gasteiger partial charge is 1.00 e. The van der Waals surface area contributed by atoms with Crippen LogP contribution in [0.3, 0.4) is 0 Å². The Bertz CT molecular complexity index is 2420. The molecule has 0 aromatic heterocycles. The molecule has 5 aromatic carbocycles. The highest BCUT2D eigenvalue weighted by atomic mass is 79.9. The molecular formula is C58H74BBrNO8P. The first-order valence-corrected chi connectivity index (χ1v) is 26.8. The molecule has 0 saturated carbocycles. The van der Waals surface area contributed by atoms with Gasteiger partial charge in [0.15, 0.2) is 6.23 Å². The van der Waals surface area contributed by atoms with Crippen molar-refractivity contribution in [1.29, 1.82) is 0 Å². The van der Waals surface area contributed by atoms with Crippen LogP contribution in [0.5, 0.6) is 11.5 Å². The van der Waals surface area contributed by atoms with E-state index in [0.29, 0.717) is 19.3 Å². The van der Waals surface area contributed by atoms with Crippen molar-refractivity contribution in [2.45, 2.75) is 151 Å². The van der Waals surface area contributed by atoms with E-state index in [1.54, 1.807) is 0 Å². The second kappa shape index (κ2) is 22.8. The molecule has 0 bridgehead atoms. The first-order valence-electron chi connectivity index (χ1n) is 24.8. The highest BCUT2D eigenvalue weighted by Crippen LogP contribution is 2.56. The quantitative estimate of drug-likeness (QED) is 0.0291. The van der Waals surface area contributed by atoms with Crippen molar-refractivity contribution >= 4 is 47.8 Å². The van der Waals surface area contributed by atoms with Gasteiger partial charge < -0.3 is 45.2 Å². The van der Waals surface area contributed by atoms with Gasteiger partial charge in [-0.25, -0.2) is 4.79 Å². The lowest BCUT2D eigenvalue weighted by atomic mass is 9.79. The van der Waals surface area contributed by atoms with E-state index in [2.05, 4.69) is 138 Å². The lowest BCUT2D eigenvalue weighted by Crippen LogP contribution is -3.00. The van der Waals surface area contributed by atoms with Gasteiger partial charge in [-0.3, -0.25) is 10.1 Å². The topological polar surface area (TPSA) is 102 Å². The van der Waals surface area contributed by atoms with Crippen LogP contribution in [-0.2, 0) is 36.6 Å². The summed E-state index contributed by atoms with van der Waals surface area (Å²) in [5, 5.41) is 7.11. The van der Waals surface area contributed by atoms with Crippen molar-refractivity contribution in [3.8, 4) is 11.5 Å². The van der Waals surface area contributed by atoms with E-state index in [0.717, 1.165) is 76.6 Å². The van der Waals surface area contributed by atoms with Crippen LogP contribution < -0.4 is 53.1 Å². The molecular weight excluding hydrogens is 960 g/mol. The predicted octanol–water partition coefficient (Wildman–Crippen LogP) is 8.16. The number of alkyl carbamates (subject to hydrolysis) is 1. The zero-order valence-corrected chi connectivity index (χ0v) is 45.8. The molecule has 12 heteroatoms. The smallest absolute Gasteiger partial charge is 0.494 e. The van der Waals surface area contributed by atoms with Gasteiger partial charge in [-0.1, -0.05) is 92.7 Å². The maximum atomic E-state index is 13.7. The molecule has 1 saturated heterocycles. The van der Waals surface area contributed by atoms with Gasteiger partial charge in [-0.15, -0.1) is 0 Å².